The summed E-state index contributed by atoms with van der Waals surface area (Å²) in [5, 5.41) is 3.72. The molecule has 0 radical (unpaired) electrons. The van der Waals surface area contributed by atoms with Gasteiger partial charge in [0.25, 0.3) is 0 Å². The average molecular weight is 649 g/mol. The normalized spacial score (nSPS) is 13.3. The van der Waals surface area contributed by atoms with Crippen LogP contribution < -0.4 is 19.1 Å². The molecule has 0 unspecified atom stereocenters. The number of fused-ring (bicyclic) bond motifs is 1. The monoisotopic (exact) mass is 647 g/mol. The molecular weight excluding hydrogens is 613 g/mol. The smallest absolute Gasteiger partial charge is 0.244 e. The molecule has 1 aliphatic rings. The van der Waals surface area contributed by atoms with Crippen LogP contribution in [0.5, 0.6) is 11.5 Å². The molecule has 3 aromatic rings. The van der Waals surface area contributed by atoms with E-state index in [4.69, 9.17) is 32.7 Å². The lowest BCUT2D eigenvalue weighted by molar-refractivity contribution is -0.140. The Hall–Kier alpha value is -3.47. The van der Waals surface area contributed by atoms with Gasteiger partial charge in [0.05, 0.1) is 11.4 Å². The van der Waals surface area contributed by atoms with Crippen molar-refractivity contribution in [2.45, 2.75) is 52.2 Å². The standard InChI is InChI=1S/C31H35Cl2N3O6S/c1-5-43(39,40)36(24-13-14-27-28(17-24)42-20-41-27)19-29(37)35(18-22-11-12-23(32)16-25(22)33)26(30(38)34-31(2,3)4)15-21-9-7-6-8-10-21/h6-14,16-17,26H,5,15,18-20H2,1-4H3,(H,34,38)/t26-/m1/s1. The van der Waals surface area contributed by atoms with E-state index in [0.29, 0.717) is 27.1 Å². The molecule has 0 aromatic heterocycles. The van der Waals surface area contributed by atoms with Gasteiger partial charge in [-0.25, -0.2) is 8.42 Å². The summed E-state index contributed by atoms with van der Waals surface area (Å²) in [5.41, 5.74) is 1.02. The third-order valence-corrected chi connectivity index (χ3v) is 9.08. The third-order valence-electron chi connectivity index (χ3n) is 6.75. The summed E-state index contributed by atoms with van der Waals surface area (Å²) in [6, 6.07) is 17.9. The van der Waals surface area contributed by atoms with Crippen molar-refractivity contribution in [1.29, 1.82) is 0 Å². The minimum absolute atomic E-state index is 0.0118. The van der Waals surface area contributed by atoms with Crippen molar-refractivity contribution < 1.29 is 27.5 Å². The zero-order chi connectivity index (χ0) is 31.4. The number of halogens is 2. The van der Waals surface area contributed by atoms with Crippen LogP contribution >= 0.6 is 23.2 Å². The molecule has 3 aromatic carbocycles. The summed E-state index contributed by atoms with van der Waals surface area (Å²) in [4.78, 5) is 29.6. The number of anilines is 1. The second-order valence-electron chi connectivity index (χ2n) is 11.1. The van der Waals surface area contributed by atoms with E-state index >= 15 is 0 Å². The molecule has 0 fully saturated rings. The summed E-state index contributed by atoms with van der Waals surface area (Å²) in [7, 11) is -3.93. The molecule has 0 saturated carbocycles. The SMILES string of the molecule is CCS(=O)(=O)N(CC(=O)N(Cc1ccc(Cl)cc1Cl)[C@H](Cc1ccccc1)C(=O)NC(C)(C)C)c1ccc2c(c1)OCO2. The maximum atomic E-state index is 14.3. The number of nitrogens with one attached hydrogen (secondary N) is 1. The van der Waals surface area contributed by atoms with Crippen LogP contribution in [0.25, 0.3) is 0 Å². The third kappa shape index (κ3) is 8.34. The lowest BCUT2D eigenvalue weighted by atomic mass is 10.0. The molecule has 0 aliphatic carbocycles. The number of carbonyl (C=O) groups is 2. The topological polar surface area (TPSA) is 105 Å². The first-order chi connectivity index (χ1) is 20.3. The summed E-state index contributed by atoms with van der Waals surface area (Å²) >= 11 is 12.7. The van der Waals surface area contributed by atoms with Crippen LogP contribution in [0.2, 0.25) is 10.0 Å². The van der Waals surface area contributed by atoms with Crippen molar-refractivity contribution in [2.24, 2.45) is 0 Å². The number of nitrogens with zero attached hydrogens (tertiary/aromatic N) is 2. The van der Waals surface area contributed by atoms with Crippen LogP contribution in [0.3, 0.4) is 0 Å². The molecule has 1 atom stereocenters. The van der Waals surface area contributed by atoms with Crippen molar-refractivity contribution in [3.8, 4) is 11.5 Å². The minimum atomic E-state index is -3.93. The number of amides is 2. The number of rotatable bonds is 11. The predicted octanol–water partition coefficient (Wildman–Crippen LogP) is 5.43. The number of hydrogen-bond acceptors (Lipinski definition) is 6. The predicted molar refractivity (Wildman–Crippen MR) is 168 cm³/mol. The fraction of sp³-hybridized carbons (Fsp3) is 0.355. The maximum Gasteiger partial charge on any atom is 0.244 e. The van der Waals surface area contributed by atoms with E-state index < -0.39 is 34.1 Å². The van der Waals surface area contributed by atoms with Crippen molar-refractivity contribution in [3.63, 3.8) is 0 Å². The number of carbonyl (C=O) groups excluding carboxylic acids is 2. The maximum absolute atomic E-state index is 14.3. The Kier molecular flexibility index (Phi) is 10.1. The van der Waals surface area contributed by atoms with E-state index in [2.05, 4.69) is 5.32 Å². The van der Waals surface area contributed by atoms with E-state index in [0.717, 1.165) is 9.87 Å². The van der Waals surface area contributed by atoms with E-state index in [1.54, 1.807) is 30.3 Å². The molecule has 9 nitrogen and oxygen atoms in total. The lowest BCUT2D eigenvalue weighted by Gasteiger charge is -2.35. The highest BCUT2D eigenvalue weighted by Crippen LogP contribution is 2.36. The molecule has 0 bridgehead atoms. The van der Waals surface area contributed by atoms with Crippen LogP contribution in [-0.2, 0) is 32.6 Å². The molecule has 2 amide bonds. The van der Waals surface area contributed by atoms with E-state index in [9.17, 15) is 18.0 Å². The first-order valence-corrected chi connectivity index (χ1v) is 16.1. The molecule has 230 valence electrons. The molecule has 0 saturated heterocycles. The molecule has 43 heavy (non-hydrogen) atoms. The van der Waals surface area contributed by atoms with Gasteiger partial charge in [0, 0.05) is 34.6 Å². The number of hydrogen-bond donors (Lipinski definition) is 1. The number of ether oxygens (including phenoxy) is 2. The van der Waals surface area contributed by atoms with Gasteiger partial charge in [0.15, 0.2) is 11.5 Å². The molecule has 1 aliphatic heterocycles. The molecule has 1 N–H and O–H groups in total. The average Bonchev–Trinajstić information content (AvgIpc) is 3.42. The van der Waals surface area contributed by atoms with Crippen LogP contribution in [0.4, 0.5) is 5.69 Å². The molecular formula is C31H35Cl2N3O6S. The second-order valence-corrected chi connectivity index (χ2v) is 14.2. The minimum Gasteiger partial charge on any atom is -0.454 e. The van der Waals surface area contributed by atoms with Crippen molar-refractivity contribution in [1.82, 2.24) is 10.2 Å². The number of benzene rings is 3. The first kappa shape index (κ1) is 32.4. The van der Waals surface area contributed by atoms with Gasteiger partial charge >= 0.3 is 0 Å². The highest BCUT2D eigenvalue weighted by molar-refractivity contribution is 7.92. The molecule has 12 heteroatoms. The summed E-state index contributed by atoms with van der Waals surface area (Å²) < 4.78 is 38.6. The Balaban J connectivity index is 1.78. The summed E-state index contributed by atoms with van der Waals surface area (Å²) in [5.74, 6) is -0.383. The fourth-order valence-electron chi connectivity index (χ4n) is 4.60. The van der Waals surface area contributed by atoms with E-state index in [1.165, 1.54) is 17.9 Å². The van der Waals surface area contributed by atoms with E-state index in [1.807, 2.05) is 51.1 Å². The lowest BCUT2D eigenvalue weighted by Crippen LogP contribution is -2.56. The first-order valence-electron chi connectivity index (χ1n) is 13.8. The van der Waals surface area contributed by atoms with Gasteiger partial charge in [-0.3, -0.25) is 13.9 Å². The van der Waals surface area contributed by atoms with Gasteiger partial charge in [0.1, 0.15) is 12.6 Å². The van der Waals surface area contributed by atoms with Crippen LogP contribution in [0.1, 0.15) is 38.8 Å². The molecule has 4 rings (SSSR count). The largest absolute Gasteiger partial charge is 0.454 e. The van der Waals surface area contributed by atoms with Crippen molar-refractivity contribution >= 4 is 50.7 Å². The quantitative estimate of drug-likeness (QED) is 0.297. The van der Waals surface area contributed by atoms with Crippen LogP contribution in [0, 0.1) is 0 Å². The van der Waals surface area contributed by atoms with Crippen LogP contribution in [0.15, 0.2) is 66.7 Å². The van der Waals surface area contributed by atoms with Crippen LogP contribution in [-0.4, -0.2) is 55.8 Å². The highest BCUT2D eigenvalue weighted by atomic mass is 35.5. The Morgan fingerprint density at radius 2 is 1.67 bits per heavy atom. The van der Waals surface area contributed by atoms with Crippen molar-refractivity contribution in [3.05, 3.63) is 87.9 Å². The molecule has 1 heterocycles. The highest BCUT2D eigenvalue weighted by Gasteiger charge is 2.35. The van der Waals surface area contributed by atoms with Gasteiger partial charge in [-0.05, 0) is 63.1 Å². The van der Waals surface area contributed by atoms with Gasteiger partial charge in [0.2, 0.25) is 28.6 Å². The second kappa shape index (κ2) is 13.4. The zero-order valence-electron chi connectivity index (χ0n) is 24.5. The Bertz CT molecular complexity index is 1580. The summed E-state index contributed by atoms with van der Waals surface area (Å²) in [6.07, 6.45) is 0.185. The number of sulfonamides is 1. The Morgan fingerprint density at radius 3 is 2.33 bits per heavy atom. The molecule has 0 spiro atoms. The zero-order valence-corrected chi connectivity index (χ0v) is 26.8. The van der Waals surface area contributed by atoms with Gasteiger partial charge in [-0.1, -0.05) is 59.6 Å². The Labute approximate surface area is 262 Å². The van der Waals surface area contributed by atoms with Gasteiger partial charge in [-0.2, -0.15) is 0 Å². The Morgan fingerprint density at radius 1 is 0.977 bits per heavy atom. The van der Waals surface area contributed by atoms with Gasteiger partial charge in [-0.15, -0.1) is 0 Å². The summed E-state index contributed by atoms with van der Waals surface area (Å²) in [6.45, 7) is 6.43. The van der Waals surface area contributed by atoms with E-state index in [-0.39, 0.29) is 37.1 Å². The van der Waals surface area contributed by atoms with Gasteiger partial charge < -0.3 is 19.7 Å². The fourth-order valence-corrected chi connectivity index (χ4v) is 6.12. The van der Waals surface area contributed by atoms with Crippen molar-refractivity contribution in [2.75, 3.05) is 23.4 Å².